The van der Waals surface area contributed by atoms with Crippen molar-refractivity contribution in [2.75, 3.05) is 6.61 Å². The molecule has 2 heterocycles. The van der Waals surface area contributed by atoms with Crippen molar-refractivity contribution in [2.24, 2.45) is 5.73 Å². The number of aromatic nitrogens is 1. The fourth-order valence-corrected chi connectivity index (χ4v) is 2.15. The van der Waals surface area contributed by atoms with Gasteiger partial charge in [0.15, 0.2) is 0 Å². The molecule has 0 radical (unpaired) electrons. The van der Waals surface area contributed by atoms with Gasteiger partial charge in [0.05, 0.1) is 6.20 Å². The van der Waals surface area contributed by atoms with Crippen LogP contribution in [0.25, 0.3) is 5.52 Å². The smallest absolute Gasteiger partial charge is 0.272 e. The van der Waals surface area contributed by atoms with Crippen molar-refractivity contribution in [3.63, 3.8) is 0 Å². The molecule has 1 atom stereocenters. The molecular formula is C15H17F2N3O3. The number of alkyl halides is 2. The first-order valence-corrected chi connectivity index (χ1v) is 6.92. The third-order valence-corrected chi connectivity index (χ3v) is 3.30. The number of aryl methyl sites for hydroxylation is 1. The van der Waals surface area contributed by atoms with Gasteiger partial charge in [-0.2, -0.15) is 0 Å². The van der Waals surface area contributed by atoms with Crippen LogP contribution in [0, 0.1) is 6.92 Å². The predicted molar refractivity (Wildman–Crippen MR) is 79.8 cm³/mol. The molecule has 0 saturated carbocycles. The number of nitrogens with two attached hydrogens (primary N) is 1. The molecule has 0 aromatic carbocycles. The molecular weight excluding hydrogens is 308 g/mol. The Kier molecular flexibility index (Phi) is 4.83. The molecule has 1 unspecified atom stereocenters. The topological polar surface area (TPSA) is 85.8 Å². The van der Waals surface area contributed by atoms with Gasteiger partial charge in [0.25, 0.3) is 12.3 Å². The maximum atomic E-state index is 12.3. The number of rotatable bonds is 6. The first kappa shape index (κ1) is 16.7. The second kappa shape index (κ2) is 6.64. The minimum absolute atomic E-state index is 0.213. The zero-order chi connectivity index (χ0) is 17.1. The second-order valence-electron chi connectivity index (χ2n) is 5.14. The van der Waals surface area contributed by atoms with Crippen molar-refractivity contribution in [3.05, 3.63) is 35.7 Å². The van der Waals surface area contributed by atoms with Crippen LogP contribution in [0.1, 0.15) is 23.0 Å². The fourth-order valence-electron chi connectivity index (χ4n) is 2.15. The zero-order valence-electron chi connectivity index (χ0n) is 12.7. The van der Waals surface area contributed by atoms with E-state index in [2.05, 4.69) is 5.32 Å². The van der Waals surface area contributed by atoms with Crippen LogP contribution in [0.4, 0.5) is 8.78 Å². The molecule has 0 fully saturated rings. The summed E-state index contributed by atoms with van der Waals surface area (Å²) in [6.45, 7) is 2.48. The van der Waals surface area contributed by atoms with Gasteiger partial charge in [-0.15, -0.1) is 0 Å². The Morgan fingerprint density at radius 3 is 2.70 bits per heavy atom. The molecule has 8 heteroatoms. The quantitative estimate of drug-likeness (QED) is 0.844. The lowest BCUT2D eigenvalue weighted by Gasteiger charge is -2.12. The Hall–Kier alpha value is -2.64. The number of carbonyl (C=O) groups excluding carboxylic acids is 2. The Bertz CT molecular complexity index is 743. The Labute approximate surface area is 131 Å². The van der Waals surface area contributed by atoms with Gasteiger partial charge in [-0.3, -0.25) is 9.59 Å². The first-order chi connectivity index (χ1) is 10.8. The van der Waals surface area contributed by atoms with E-state index in [0.717, 1.165) is 0 Å². The number of carbonyl (C=O) groups is 2. The number of nitrogens with zero attached hydrogens (tertiary/aromatic N) is 1. The molecule has 0 bridgehead atoms. The maximum absolute atomic E-state index is 12.3. The molecule has 2 aromatic rings. The molecule has 6 nitrogen and oxygen atoms in total. The van der Waals surface area contributed by atoms with Crippen LogP contribution in [-0.2, 0) is 4.79 Å². The van der Waals surface area contributed by atoms with Crippen molar-refractivity contribution in [3.8, 4) is 5.75 Å². The molecule has 0 saturated heterocycles. The number of fused-ring (bicyclic) bond motifs is 1. The summed E-state index contributed by atoms with van der Waals surface area (Å²) in [5.74, 6) is -0.928. The van der Waals surface area contributed by atoms with Crippen molar-refractivity contribution >= 4 is 17.3 Å². The summed E-state index contributed by atoms with van der Waals surface area (Å²) in [7, 11) is 0. The maximum Gasteiger partial charge on any atom is 0.272 e. The predicted octanol–water partition coefficient (Wildman–Crippen LogP) is 1.50. The SMILES string of the molecule is Cc1cc2ccc(OCC(F)F)cn2c1C(=O)NC(C)C(N)=O. The minimum atomic E-state index is -2.59. The number of hydrogen-bond acceptors (Lipinski definition) is 3. The molecule has 0 aliphatic heterocycles. The van der Waals surface area contributed by atoms with Crippen LogP contribution < -0.4 is 15.8 Å². The molecule has 0 aliphatic carbocycles. The van der Waals surface area contributed by atoms with Crippen LogP contribution in [-0.4, -0.2) is 35.3 Å². The largest absolute Gasteiger partial charge is 0.486 e. The van der Waals surface area contributed by atoms with Gasteiger partial charge in [0.1, 0.15) is 24.1 Å². The van der Waals surface area contributed by atoms with Gasteiger partial charge in [-0.05, 0) is 37.6 Å². The van der Waals surface area contributed by atoms with E-state index in [4.69, 9.17) is 10.5 Å². The van der Waals surface area contributed by atoms with Crippen molar-refractivity contribution in [1.82, 2.24) is 9.72 Å². The van der Waals surface area contributed by atoms with Crippen LogP contribution >= 0.6 is 0 Å². The molecule has 2 amide bonds. The highest BCUT2D eigenvalue weighted by Crippen LogP contribution is 2.21. The van der Waals surface area contributed by atoms with Crippen molar-refractivity contribution < 1.29 is 23.1 Å². The van der Waals surface area contributed by atoms with Crippen LogP contribution in [0.3, 0.4) is 0 Å². The lowest BCUT2D eigenvalue weighted by Crippen LogP contribution is -2.42. The van der Waals surface area contributed by atoms with Crippen molar-refractivity contribution in [2.45, 2.75) is 26.3 Å². The average molecular weight is 325 g/mol. The summed E-state index contributed by atoms with van der Waals surface area (Å²) in [5, 5.41) is 2.49. The number of pyridine rings is 1. The number of ether oxygens (including phenoxy) is 1. The Morgan fingerprint density at radius 1 is 1.39 bits per heavy atom. The van der Waals surface area contributed by atoms with Crippen LogP contribution in [0.2, 0.25) is 0 Å². The van der Waals surface area contributed by atoms with E-state index in [-0.39, 0.29) is 11.4 Å². The lowest BCUT2D eigenvalue weighted by atomic mass is 10.2. The van der Waals surface area contributed by atoms with Crippen LogP contribution in [0.5, 0.6) is 5.75 Å². The normalized spacial score (nSPS) is 12.4. The van der Waals surface area contributed by atoms with E-state index in [0.29, 0.717) is 11.1 Å². The van der Waals surface area contributed by atoms with E-state index in [9.17, 15) is 18.4 Å². The lowest BCUT2D eigenvalue weighted by molar-refractivity contribution is -0.119. The zero-order valence-corrected chi connectivity index (χ0v) is 12.7. The van der Waals surface area contributed by atoms with E-state index in [1.807, 2.05) is 0 Å². The number of halogens is 2. The van der Waals surface area contributed by atoms with E-state index in [1.165, 1.54) is 17.5 Å². The summed E-state index contributed by atoms with van der Waals surface area (Å²) in [5.41, 5.74) is 6.79. The van der Waals surface area contributed by atoms with Gasteiger partial charge >= 0.3 is 0 Å². The highest BCUT2D eigenvalue weighted by molar-refractivity contribution is 5.98. The van der Waals surface area contributed by atoms with Gasteiger partial charge in [-0.25, -0.2) is 8.78 Å². The van der Waals surface area contributed by atoms with Crippen molar-refractivity contribution in [1.29, 1.82) is 0 Å². The van der Waals surface area contributed by atoms with Gasteiger partial charge < -0.3 is 20.2 Å². The van der Waals surface area contributed by atoms with Gasteiger partial charge in [0, 0.05) is 5.52 Å². The minimum Gasteiger partial charge on any atom is -0.486 e. The number of hydrogen-bond donors (Lipinski definition) is 2. The van der Waals surface area contributed by atoms with Gasteiger partial charge in [-0.1, -0.05) is 0 Å². The van der Waals surface area contributed by atoms with E-state index < -0.39 is 30.9 Å². The molecule has 0 spiro atoms. The third-order valence-electron chi connectivity index (χ3n) is 3.30. The monoisotopic (exact) mass is 325 g/mol. The van der Waals surface area contributed by atoms with E-state index >= 15 is 0 Å². The highest BCUT2D eigenvalue weighted by atomic mass is 19.3. The summed E-state index contributed by atoms with van der Waals surface area (Å²) in [6.07, 6.45) is -1.13. The standard InChI is InChI=1S/C15H17F2N3O3/c1-8-5-10-3-4-11(23-7-12(16)17)6-20(10)13(8)15(22)19-9(2)14(18)21/h3-6,9,12H,7H2,1-2H3,(H2,18,21)(H,19,22). The fraction of sp³-hybridized carbons (Fsp3) is 0.333. The average Bonchev–Trinajstić information content (AvgIpc) is 2.79. The number of amides is 2. The first-order valence-electron chi connectivity index (χ1n) is 6.92. The molecule has 3 N–H and O–H groups in total. The molecule has 23 heavy (non-hydrogen) atoms. The second-order valence-corrected chi connectivity index (χ2v) is 5.14. The molecule has 124 valence electrons. The molecule has 2 rings (SSSR count). The Morgan fingerprint density at radius 2 is 2.09 bits per heavy atom. The molecule has 0 aliphatic rings. The molecule has 2 aromatic heterocycles. The summed E-state index contributed by atoms with van der Waals surface area (Å²) in [4.78, 5) is 23.4. The van der Waals surface area contributed by atoms with Crippen LogP contribution in [0.15, 0.2) is 24.4 Å². The summed E-state index contributed by atoms with van der Waals surface area (Å²) in [6, 6.07) is 4.14. The third kappa shape index (κ3) is 3.77. The van der Waals surface area contributed by atoms with Gasteiger partial charge in [0.2, 0.25) is 5.91 Å². The van der Waals surface area contributed by atoms with E-state index in [1.54, 1.807) is 25.1 Å². The number of nitrogens with one attached hydrogen (secondary N) is 1. The summed E-state index contributed by atoms with van der Waals surface area (Å²) < 4.78 is 30.9. The Balaban J connectivity index is 2.34. The summed E-state index contributed by atoms with van der Waals surface area (Å²) >= 11 is 0. The number of primary amides is 1. The highest BCUT2D eigenvalue weighted by Gasteiger charge is 2.19.